The van der Waals surface area contributed by atoms with Crippen LogP contribution in [0.1, 0.15) is 26.2 Å². The third kappa shape index (κ3) is 5.51. The Balaban J connectivity index is 1.82. The average Bonchev–Trinajstić information content (AvgIpc) is 3.05. The quantitative estimate of drug-likeness (QED) is 0.427. The number of hydrogen-bond donors (Lipinski definition) is 4. The molecule has 3 saturated heterocycles. The summed E-state index contributed by atoms with van der Waals surface area (Å²) in [5.74, 6) is -3.67. The highest BCUT2D eigenvalue weighted by Gasteiger charge is 2.54. The first-order valence-electron chi connectivity index (χ1n) is 9.51. The molecule has 0 aromatic heterocycles. The van der Waals surface area contributed by atoms with Gasteiger partial charge in [0.2, 0.25) is 0 Å². The Morgan fingerprint density at radius 3 is 2.21 bits per heavy atom. The Morgan fingerprint density at radius 1 is 0.897 bits per heavy atom. The van der Waals surface area contributed by atoms with Crippen molar-refractivity contribution in [3.8, 4) is 0 Å². The number of halogens is 6. The maximum atomic E-state index is 13.5. The summed E-state index contributed by atoms with van der Waals surface area (Å²) >= 11 is 0. The Labute approximate surface area is 163 Å². The molecule has 6 unspecified atom stereocenters. The van der Waals surface area contributed by atoms with Gasteiger partial charge in [-0.25, -0.2) is 10.9 Å². The van der Waals surface area contributed by atoms with Crippen LogP contribution in [0.3, 0.4) is 0 Å². The monoisotopic (exact) mass is 436 g/mol. The van der Waals surface area contributed by atoms with Gasteiger partial charge in [-0.05, 0) is 26.2 Å². The van der Waals surface area contributed by atoms with Crippen LogP contribution >= 0.6 is 0 Å². The van der Waals surface area contributed by atoms with Gasteiger partial charge in [-0.3, -0.25) is 5.32 Å². The van der Waals surface area contributed by atoms with E-state index in [4.69, 9.17) is 19.9 Å². The third-order valence-electron chi connectivity index (χ3n) is 5.44. The fraction of sp³-hybridized carbons (Fsp3) is 1.00. The zero-order chi connectivity index (χ0) is 21.4. The third-order valence-corrected chi connectivity index (χ3v) is 5.44. The van der Waals surface area contributed by atoms with E-state index in [2.05, 4.69) is 16.2 Å². The summed E-state index contributed by atoms with van der Waals surface area (Å²) in [5.41, 5.74) is 11.0. The van der Waals surface area contributed by atoms with E-state index in [1.54, 1.807) is 6.92 Å². The molecule has 0 spiro atoms. The summed E-state index contributed by atoms with van der Waals surface area (Å²) in [6.45, 7) is 1.54. The minimum Gasteiger partial charge on any atom is -0.379 e. The molecule has 0 amide bonds. The van der Waals surface area contributed by atoms with Crippen LogP contribution in [0.2, 0.25) is 0 Å². The molecule has 4 bridgehead atoms. The smallest absolute Gasteiger partial charge is 0.379 e. The minimum absolute atomic E-state index is 0.0259. The lowest BCUT2D eigenvalue weighted by atomic mass is 9.87. The molecule has 0 radical (unpaired) electrons. The molecule has 3 aliphatic rings. The first-order chi connectivity index (χ1) is 13.5. The number of alkyl halides is 6. The van der Waals surface area contributed by atoms with Crippen LogP contribution in [-0.2, 0) is 14.2 Å². The zero-order valence-electron chi connectivity index (χ0n) is 15.7. The van der Waals surface area contributed by atoms with Gasteiger partial charge in [0.05, 0.1) is 30.6 Å². The fourth-order valence-electron chi connectivity index (χ4n) is 3.94. The molecule has 29 heavy (non-hydrogen) atoms. The van der Waals surface area contributed by atoms with Gasteiger partial charge in [0.15, 0.2) is 0 Å². The van der Waals surface area contributed by atoms with Crippen molar-refractivity contribution in [3.63, 3.8) is 0 Å². The van der Waals surface area contributed by atoms with E-state index in [0.717, 1.165) is 0 Å². The molecule has 0 aliphatic carbocycles. The lowest BCUT2D eigenvalue weighted by Gasteiger charge is -2.44. The number of ether oxygens (including phenoxy) is 3. The van der Waals surface area contributed by atoms with E-state index >= 15 is 0 Å². The number of fused-ring (bicyclic) bond motifs is 5. The van der Waals surface area contributed by atoms with Crippen LogP contribution in [0.25, 0.3) is 0 Å². The van der Waals surface area contributed by atoms with Crippen LogP contribution in [0.4, 0.5) is 26.3 Å². The van der Waals surface area contributed by atoms with E-state index in [1.165, 1.54) is 0 Å². The molecular weight excluding hydrogens is 410 g/mol. The molecule has 8 atom stereocenters. The molecule has 0 saturated carbocycles. The van der Waals surface area contributed by atoms with Gasteiger partial charge in [0.1, 0.15) is 18.7 Å². The predicted molar refractivity (Wildman–Crippen MR) is 87.9 cm³/mol. The van der Waals surface area contributed by atoms with Crippen LogP contribution in [-0.4, -0.2) is 62.4 Å². The highest BCUT2D eigenvalue weighted by atomic mass is 19.4. The zero-order valence-corrected chi connectivity index (χ0v) is 15.7. The van der Waals surface area contributed by atoms with Crippen LogP contribution in [0.15, 0.2) is 0 Å². The molecule has 7 nitrogen and oxygen atoms in total. The molecule has 0 aromatic carbocycles. The van der Waals surface area contributed by atoms with Crippen LogP contribution in [0.5, 0.6) is 0 Å². The molecule has 3 rings (SSSR count). The number of piperidine rings is 1. The average molecular weight is 436 g/mol. The summed E-state index contributed by atoms with van der Waals surface area (Å²) in [6, 6.07) is -1.90. The molecule has 170 valence electrons. The summed E-state index contributed by atoms with van der Waals surface area (Å²) < 4.78 is 97.2. The van der Waals surface area contributed by atoms with Crippen molar-refractivity contribution in [3.05, 3.63) is 0 Å². The first-order valence-corrected chi connectivity index (χ1v) is 9.51. The first kappa shape index (κ1) is 23.0. The molecule has 13 heteroatoms. The number of nitrogens with one attached hydrogen (secondary N) is 3. The van der Waals surface area contributed by atoms with Gasteiger partial charge < -0.3 is 19.9 Å². The Hall–Kier alpha value is -0.700. The predicted octanol–water partition coefficient (Wildman–Crippen LogP) is 1.35. The van der Waals surface area contributed by atoms with E-state index in [-0.39, 0.29) is 26.1 Å². The number of nitrogens with two attached hydrogens (primary N) is 1. The summed E-state index contributed by atoms with van der Waals surface area (Å²) in [5, 5.41) is 2.69. The minimum atomic E-state index is -4.56. The Bertz CT molecular complexity index is 552. The van der Waals surface area contributed by atoms with Crippen molar-refractivity contribution in [2.24, 2.45) is 17.6 Å². The van der Waals surface area contributed by atoms with Gasteiger partial charge in [-0.1, -0.05) is 0 Å². The normalized spacial score (nSPS) is 43.0. The Kier molecular flexibility index (Phi) is 6.98. The number of rotatable bonds is 0. The number of hydrazine groups is 1. The standard InChI is InChI=1S/C16H26F6N4O3/c1-7-6-27-4-2-3-8(15(17,18)19)13-25-26-14(29-13)11-10(23)5-9(16(20,21)22)12(24-11)28-7/h7-14,24-26H,2-6,23H2,1H3/t7-,8-,9?,10?,11?,12?,13?,14?/m1/s1. The van der Waals surface area contributed by atoms with Crippen molar-refractivity contribution in [2.75, 3.05) is 13.2 Å². The van der Waals surface area contributed by atoms with Crippen molar-refractivity contribution in [1.82, 2.24) is 16.2 Å². The van der Waals surface area contributed by atoms with Crippen molar-refractivity contribution in [1.29, 1.82) is 0 Å². The van der Waals surface area contributed by atoms with E-state index < -0.39 is 67.5 Å². The van der Waals surface area contributed by atoms with Crippen molar-refractivity contribution >= 4 is 0 Å². The summed E-state index contributed by atoms with van der Waals surface area (Å²) in [6.07, 6.45) is -14.2. The second kappa shape index (κ2) is 8.81. The van der Waals surface area contributed by atoms with E-state index in [0.29, 0.717) is 0 Å². The molecule has 3 heterocycles. The molecule has 3 aliphatic heterocycles. The van der Waals surface area contributed by atoms with E-state index in [1.807, 2.05) is 0 Å². The van der Waals surface area contributed by atoms with Gasteiger partial charge in [0, 0.05) is 12.6 Å². The summed E-state index contributed by atoms with van der Waals surface area (Å²) in [4.78, 5) is 0. The van der Waals surface area contributed by atoms with Gasteiger partial charge in [-0.2, -0.15) is 26.3 Å². The maximum Gasteiger partial charge on any atom is 0.395 e. The van der Waals surface area contributed by atoms with Crippen molar-refractivity contribution in [2.45, 2.75) is 75.4 Å². The largest absolute Gasteiger partial charge is 0.395 e. The van der Waals surface area contributed by atoms with Gasteiger partial charge >= 0.3 is 12.4 Å². The molecular formula is C16H26F6N4O3. The maximum absolute atomic E-state index is 13.5. The second-order valence-corrected chi connectivity index (χ2v) is 7.74. The molecule has 0 aromatic rings. The lowest BCUT2D eigenvalue weighted by molar-refractivity contribution is -0.241. The van der Waals surface area contributed by atoms with Crippen LogP contribution in [0, 0.1) is 11.8 Å². The lowest BCUT2D eigenvalue weighted by Crippen LogP contribution is -2.67. The SMILES string of the molecule is C[C@@H]1COCCC[C@@H](C(F)(F)F)C2NNC(O2)C2NC(O1)C(C(F)(F)F)CC2N. The molecule has 3 fully saturated rings. The number of hydrogen-bond acceptors (Lipinski definition) is 7. The summed E-state index contributed by atoms with van der Waals surface area (Å²) in [7, 11) is 0. The van der Waals surface area contributed by atoms with E-state index in [9.17, 15) is 26.3 Å². The fourth-order valence-corrected chi connectivity index (χ4v) is 3.94. The van der Waals surface area contributed by atoms with Gasteiger partial charge in [-0.15, -0.1) is 0 Å². The van der Waals surface area contributed by atoms with Crippen molar-refractivity contribution < 1.29 is 40.6 Å². The highest BCUT2D eigenvalue weighted by Crippen LogP contribution is 2.38. The molecule has 5 N–H and O–H groups in total. The Morgan fingerprint density at radius 2 is 1.55 bits per heavy atom. The van der Waals surface area contributed by atoms with Crippen LogP contribution < -0.4 is 21.9 Å². The second-order valence-electron chi connectivity index (χ2n) is 7.74. The highest BCUT2D eigenvalue weighted by molar-refractivity contribution is 4.98. The van der Waals surface area contributed by atoms with Gasteiger partial charge in [0.25, 0.3) is 0 Å². The topological polar surface area (TPSA) is 89.8 Å².